The number of hydrogen-bond acceptors (Lipinski definition) is 2. The first-order valence-electron chi connectivity index (χ1n) is 3.90. The van der Waals surface area contributed by atoms with Gasteiger partial charge >= 0.3 is 0 Å². The Hall–Kier alpha value is -1.42. The van der Waals surface area contributed by atoms with E-state index >= 15 is 0 Å². The summed E-state index contributed by atoms with van der Waals surface area (Å²) >= 11 is 0.467. The molecule has 1 aromatic heterocycles. The van der Waals surface area contributed by atoms with Crippen molar-refractivity contribution in [3.05, 3.63) is 34.7 Å². The van der Waals surface area contributed by atoms with E-state index in [0.29, 0.717) is 15.9 Å². The molecule has 0 fully saturated rings. The van der Waals surface area contributed by atoms with Gasteiger partial charge in [-0.2, -0.15) is 0 Å². The van der Waals surface area contributed by atoms with Crippen molar-refractivity contribution in [2.75, 3.05) is 0 Å². The SMILES string of the molecule is Cc1nc2ccccc2c(=S=O)[nH]1. The van der Waals surface area contributed by atoms with Crippen molar-refractivity contribution in [1.82, 2.24) is 9.97 Å². The molecule has 2 rings (SSSR count). The van der Waals surface area contributed by atoms with Crippen LogP contribution >= 0.6 is 0 Å². The Morgan fingerprint density at radius 2 is 2.15 bits per heavy atom. The maximum Gasteiger partial charge on any atom is 0.144 e. The predicted octanol–water partition coefficient (Wildman–Crippen LogP) is 1.62. The molecule has 2 aromatic rings. The first-order chi connectivity index (χ1) is 6.31. The first kappa shape index (κ1) is 8.19. The average Bonchev–Trinajstić information content (AvgIpc) is 2.16. The molecular weight excluding hydrogens is 184 g/mol. The highest BCUT2D eigenvalue weighted by molar-refractivity contribution is 7.57. The van der Waals surface area contributed by atoms with Gasteiger partial charge in [-0.3, -0.25) is 0 Å². The Labute approximate surface area is 78.5 Å². The molecule has 1 heterocycles. The molecule has 0 spiro atoms. The Bertz CT molecular complexity index is 541. The van der Waals surface area contributed by atoms with Crippen LogP contribution in [-0.4, -0.2) is 14.2 Å². The largest absolute Gasteiger partial charge is 0.333 e. The Morgan fingerprint density at radius 3 is 2.92 bits per heavy atom. The van der Waals surface area contributed by atoms with Gasteiger partial charge in [-0.15, -0.1) is 0 Å². The number of rotatable bonds is 0. The summed E-state index contributed by atoms with van der Waals surface area (Å²) in [6, 6.07) is 7.59. The van der Waals surface area contributed by atoms with Crippen molar-refractivity contribution >= 4 is 22.2 Å². The molecule has 13 heavy (non-hydrogen) atoms. The molecule has 0 atom stereocenters. The molecule has 4 heteroatoms. The smallest absolute Gasteiger partial charge is 0.144 e. The second kappa shape index (κ2) is 3.14. The number of para-hydroxylation sites is 1. The minimum absolute atomic E-state index is 0.467. The molecule has 66 valence electrons. The van der Waals surface area contributed by atoms with Crippen molar-refractivity contribution in [3.8, 4) is 0 Å². The molecule has 3 nitrogen and oxygen atoms in total. The lowest BCUT2D eigenvalue weighted by molar-refractivity contribution is 0.699. The Kier molecular flexibility index (Phi) is 1.98. The number of benzene rings is 1. The lowest BCUT2D eigenvalue weighted by Crippen LogP contribution is -1.90. The van der Waals surface area contributed by atoms with Crippen LogP contribution in [0.15, 0.2) is 24.3 Å². The van der Waals surface area contributed by atoms with Crippen LogP contribution < -0.4 is 0 Å². The Morgan fingerprint density at radius 1 is 1.38 bits per heavy atom. The van der Waals surface area contributed by atoms with Gasteiger partial charge in [0.2, 0.25) is 0 Å². The lowest BCUT2D eigenvalue weighted by atomic mass is 10.2. The monoisotopic (exact) mass is 192 g/mol. The van der Waals surface area contributed by atoms with Crippen LogP contribution in [0.3, 0.4) is 0 Å². The molecule has 0 aliphatic rings. The van der Waals surface area contributed by atoms with Gasteiger partial charge in [0.1, 0.15) is 21.7 Å². The van der Waals surface area contributed by atoms with E-state index in [2.05, 4.69) is 9.97 Å². The molecule has 0 saturated heterocycles. The lowest BCUT2D eigenvalue weighted by Gasteiger charge is -1.97. The number of nitrogens with zero attached hydrogens (tertiary/aromatic N) is 1. The number of aromatic nitrogens is 2. The third-order valence-electron chi connectivity index (χ3n) is 1.81. The van der Waals surface area contributed by atoms with Crippen LogP contribution in [0, 0.1) is 11.6 Å². The standard InChI is InChI=1S/C9H8N2OS/c1-6-10-8-5-3-2-4-7(8)9(11-6)13-12/h2-5H,1H3,(H,10,11). The van der Waals surface area contributed by atoms with Crippen LogP contribution in [0.1, 0.15) is 5.82 Å². The summed E-state index contributed by atoms with van der Waals surface area (Å²) < 4.78 is 11.4. The number of aromatic amines is 1. The number of fused-ring (bicyclic) bond motifs is 1. The number of hydrogen-bond donors (Lipinski definition) is 1. The molecule has 0 bridgehead atoms. The van der Waals surface area contributed by atoms with E-state index in [1.165, 1.54) is 0 Å². The van der Waals surface area contributed by atoms with E-state index < -0.39 is 0 Å². The number of H-pyrrole nitrogens is 1. The molecule has 0 radical (unpaired) electrons. The maximum absolute atomic E-state index is 10.8. The normalized spacial score (nSPS) is 10.2. The fourth-order valence-electron chi connectivity index (χ4n) is 1.27. The predicted molar refractivity (Wildman–Crippen MR) is 52.2 cm³/mol. The first-order valence-corrected chi connectivity index (χ1v) is 4.64. The van der Waals surface area contributed by atoms with Crippen molar-refractivity contribution < 1.29 is 4.21 Å². The fourth-order valence-corrected chi connectivity index (χ4v) is 1.72. The quantitative estimate of drug-likeness (QED) is 0.645. The molecular formula is C9H8N2OS. The van der Waals surface area contributed by atoms with Crippen molar-refractivity contribution in [1.29, 1.82) is 0 Å². The summed E-state index contributed by atoms with van der Waals surface area (Å²) in [6.07, 6.45) is 0. The highest BCUT2D eigenvalue weighted by Gasteiger charge is 1.96. The summed E-state index contributed by atoms with van der Waals surface area (Å²) in [7, 11) is 0. The van der Waals surface area contributed by atoms with Gasteiger partial charge in [0.25, 0.3) is 0 Å². The Balaban J connectivity index is 3.07. The molecule has 0 aliphatic carbocycles. The summed E-state index contributed by atoms with van der Waals surface area (Å²) in [4.78, 5) is 7.22. The molecule has 1 aromatic carbocycles. The van der Waals surface area contributed by atoms with Crippen molar-refractivity contribution in [3.63, 3.8) is 0 Å². The highest BCUT2D eigenvalue weighted by atomic mass is 32.1. The van der Waals surface area contributed by atoms with Gasteiger partial charge in [0, 0.05) is 5.39 Å². The van der Waals surface area contributed by atoms with Crippen molar-refractivity contribution in [2.24, 2.45) is 0 Å². The zero-order valence-electron chi connectivity index (χ0n) is 7.07. The second-order valence-corrected chi connectivity index (χ2v) is 3.33. The summed E-state index contributed by atoms with van der Waals surface area (Å²) in [6.45, 7) is 1.84. The molecule has 1 N–H and O–H groups in total. The summed E-state index contributed by atoms with van der Waals surface area (Å²) in [5, 5.41) is 0.883. The highest BCUT2D eigenvalue weighted by Crippen LogP contribution is 2.10. The zero-order chi connectivity index (χ0) is 9.26. The van der Waals surface area contributed by atoms with E-state index in [0.717, 1.165) is 16.7 Å². The van der Waals surface area contributed by atoms with E-state index in [-0.39, 0.29) is 0 Å². The van der Waals surface area contributed by atoms with Gasteiger partial charge in [-0.1, -0.05) is 12.1 Å². The summed E-state index contributed by atoms with van der Waals surface area (Å²) in [5.41, 5.74) is 0.858. The van der Waals surface area contributed by atoms with E-state index in [1.807, 2.05) is 31.2 Å². The van der Waals surface area contributed by atoms with Crippen LogP contribution in [0.25, 0.3) is 10.9 Å². The maximum atomic E-state index is 10.8. The minimum atomic E-state index is 0.467. The third-order valence-corrected chi connectivity index (χ3v) is 2.30. The molecule has 0 unspecified atom stereocenters. The van der Waals surface area contributed by atoms with Gasteiger partial charge in [-0.25, -0.2) is 9.19 Å². The van der Waals surface area contributed by atoms with Crippen LogP contribution in [0.5, 0.6) is 0 Å². The van der Waals surface area contributed by atoms with Gasteiger partial charge in [0.05, 0.1) is 5.52 Å². The van der Waals surface area contributed by atoms with Gasteiger partial charge in [-0.05, 0) is 19.1 Å². The van der Waals surface area contributed by atoms with Crippen LogP contribution in [0.2, 0.25) is 0 Å². The molecule has 0 aliphatic heterocycles. The van der Waals surface area contributed by atoms with E-state index in [1.54, 1.807) is 0 Å². The zero-order valence-corrected chi connectivity index (χ0v) is 7.89. The van der Waals surface area contributed by atoms with Crippen LogP contribution in [0.4, 0.5) is 0 Å². The third kappa shape index (κ3) is 1.40. The molecule has 0 saturated carbocycles. The number of nitrogens with one attached hydrogen (secondary N) is 1. The molecule has 0 amide bonds. The number of aryl methyl sites for hydroxylation is 1. The second-order valence-electron chi connectivity index (χ2n) is 2.75. The minimum Gasteiger partial charge on any atom is -0.333 e. The topological polar surface area (TPSA) is 45.8 Å². The van der Waals surface area contributed by atoms with Crippen molar-refractivity contribution in [2.45, 2.75) is 6.92 Å². The van der Waals surface area contributed by atoms with E-state index in [9.17, 15) is 4.21 Å². The fraction of sp³-hybridized carbons (Fsp3) is 0.111. The van der Waals surface area contributed by atoms with E-state index in [4.69, 9.17) is 0 Å². The average molecular weight is 192 g/mol. The summed E-state index contributed by atoms with van der Waals surface area (Å²) in [5.74, 6) is 0.761. The van der Waals surface area contributed by atoms with Gasteiger partial charge in [0.15, 0.2) is 0 Å². The van der Waals surface area contributed by atoms with Crippen LogP contribution in [-0.2, 0) is 11.3 Å². The van der Waals surface area contributed by atoms with Gasteiger partial charge < -0.3 is 4.98 Å².